The van der Waals surface area contributed by atoms with Crippen LogP contribution in [-0.4, -0.2) is 41.8 Å². The number of methoxy groups -OCH3 is 2. The summed E-state index contributed by atoms with van der Waals surface area (Å²) >= 11 is 0. The van der Waals surface area contributed by atoms with E-state index in [9.17, 15) is 9.59 Å². The number of rotatable bonds is 4. The Morgan fingerprint density at radius 2 is 1.48 bits per heavy atom. The number of carbonyl (C=O) groups excluding carboxylic acids is 1. The lowest BCUT2D eigenvalue weighted by Gasteiger charge is -2.02. The quantitative estimate of drug-likeness (QED) is 0.741. The largest absolute Gasteiger partial charge is 0.504 e. The van der Waals surface area contributed by atoms with Crippen LogP contribution in [0.5, 0.6) is 23.0 Å². The predicted molar refractivity (Wildman–Crippen MR) is 81.7 cm³/mol. The first-order valence-electron chi connectivity index (χ1n) is 6.35. The number of carboxylic acid groups (broad SMARTS) is 1. The van der Waals surface area contributed by atoms with Crippen molar-refractivity contribution in [2.75, 3.05) is 14.2 Å². The van der Waals surface area contributed by atoms with E-state index >= 15 is 0 Å². The molecule has 0 saturated heterocycles. The Morgan fingerprint density at radius 1 is 0.957 bits per heavy atom. The van der Waals surface area contributed by atoms with Gasteiger partial charge in [0.15, 0.2) is 23.0 Å². The number of carbonyl (C=O) groups is 2. The minimum Gasteiger partial charge on any atom is -0.504 e. The zero-order valence-electron chi connectivity index (χ0n) is 12.5. The maximum absolute atomic E-state index is 10.4. The van der Waals surface area contributed by atoms with E-state index in [0.29, 0.717) is 17.6 Å². The fourth-order valence-corrected chi connectivity index (χ4v) is 1.58. The molecule has 0 aromatic heterocycles. The number of aldehydes is 1. The molecule has 0 bridgehead atoms. The lowest BCUT2D eigenvalue weighted by atomic mass is 10.2. The molecule has 0 atom stereocenters. The standard InChI is InChI=1S/C8H8O4.C8H8O3/c1-12-7-4-5(8(10)11)2-3-6(7)9;1-11-8-4-6(5-9)2-3-7(8)10/h2-4,9H,1H3,(H,10,11);2-5,10H,1H3. The fraction of sp³-hybridized carbons (Fsp3) is 0.125. The van der Waals surface area contributed by atoms with Crippen LogP contribution in [-0.2, 0) is 0 Å². The second-order valence-electron chi connectivity index (χ2n) is 4.24. The molecule has 7 nitrogen and oxygen atoms in total. The van der Waals surface area contributed by atoms with Crippen molar-refractivity contribution in [3.63, 3.8) is 0 Å². The van der Waals surface area contributed by atoms with Crippen molar-refractivity contribution >= 4 is 12.3 Å². The Morgan fingerprint density at radius 3 is 1.96 bits per heavy atom. The van der Waals surface area contributed by atoms with Gasteiger partial charge in [0.1, 0.15) is 6.29 Å². The van der Waals surface area contributed by atoms with E-state index in [2.05, 4.69) is 0 Å². The third kappa shape index (κ3) is 4.92. The average molecular weight is 320 g/mol. The summed E-state index contributed by atoms with van der Waals surface area (Å²) in [7, 11) is 2.80. The lowest BCUT2D eigenvalue weighted by molar-refractivity contribution is 0.0696. The third-order valence-corrected chi connectivity index (χ3v) is 2.77. The molecule has 7 heteroatoms. The number of benzene rings is 2. The van der Waals surface area contributed by atoms with Crippen LogP contribution >= 0.6 is 0 Å². The third-order valence-electron chi connectivity index (χ3n) is 2.77. The molecule has 0 aliphatic carbocycles. The summed E-state index contributed by atoms with van der Waals surface area (Å²) in [6.07, 6.45) is 0.696. The highest BCUT2D eigenvalue weighted by molar-refractivity contribution is 5.88. The van der Waals surface area contributed by atoms with E-state index in [1.165, 1.54) is 50.6 Å². The fourth-order valence-electron chi connectivity index (χ4n) is 1.58. The Labute approximate surface area is 132 Å². The summed E-state index contributed by atoms with van der Waals surface area (Å²) in [6.45, 7) is 0. The van der Waals surface area contributed by atoms with Crippen LogP contribution in [0.15, 0.2) is 36.4 Å². The highest BCUT2D eigenvalue weighted by Gasteiger charge is 2.07. The molecule has 2 rings (SSSR count). The Bertz CT molecular complexity index is 695. The van der Waals surface area contributed by atoms with E-state index < -0.39 is 5.97 Å². The van der Waals surface area contributed by atoms with E-state index in [1.54, 1.807) is 0 Å². The predicted octanol–water partition coefficient (Wildman–Crippen LogP) is 2.31. The van der Waals surface area contributed by atoms with E-state index in [1.807, 2.05) is 0 Å². The number of hydrogen-bond acceptors (Lipinski definition) is 6. The molecular formula is C16H16O7. The number of hydrogen-bond donors (Lipinski definition) is 3. The number of aromatic carboxylic acids is 1. The summed E-state index contributed by atoms with van der Waals surface area (Å²) in [4.78, 5) is 20.7. The zero-order chi connectivity index (χ0) is 17.4. The summed E-state index contributed by atoms with van der Waals surface area (Å²) in [5.41, 5.74) is 0.573. The van der Waals surface area contributed by atoms with Crippen LogP contribution in [0.3, 0.4) is 0 Å². The van der Waals surface area contributed by atoms with Gasteiger partial charge in [0.25, 0.3) is 0 Å². The number of aromatic hydroxyl groups is 2. The SMILES string of the molecule is COc1cc(C(=O)O)ccc1O.COc1cc(C=O)ccc1O. The molecule has 2 aromatic carbocycles. The molecule has 3 N–H and O–H groups in total. The van der Waals surface area contributed by atoms with Crippen molar-refractivity contribution in [3.8, 4) is 23.0 Å². The van der Waals surface area contributed by atoms with Crippen LogP contribution in [0, 0.1) is 0 Å². The molecule has 0 aliphatic rings. The number of ether oxygens (including phenoxy) is 2. The average Bonchev–Trinajstić information content (AvgIpc) is 2.56. The van der Waals surface area contributed by atoms with Gasteiger partial charge in [-0.05, 0) is 36.4 Å². The van der Waals surface area contributed by atoms with Crippen molar-refractivity contribution in [1.29, 1.82) is 0 Å². The van der Waals surface area contributed by atoms with Crippen LogP contribution in [0.4, 0.5) is 0 Å². The van der Waals surface area contributed by atoms with Gasteiger partial charge in [-0.25, -0.2) is 4.79 Å². The van der Waals surface area contributed by atoms with Crippen molar-refractivity contribution < 1.29 is 34.4 Å². The summed E-state index contributed by atoms with van der Waals surface area (Å²) in [5, 5.41) is 26.7. The second kappa shape index (κ2) is 8.28. The van der Waals surface area contributed by atoms with Gasteiger partial charge in [-0.1, -0.05) is 0 Å². The first-order valence-corrected chi connectivity index (χ1v) is 6.35. The first kappa shape index (κ1) is 17.8. The normalized spacial score (nSPS) is 9.30. The molecule has 0 radical (unpaired) electrons. The molecule has 0 heterocycles. The Hall–Kier alpha value is -3.22. The summed E-state index contributed by atoms with van der Waals surface area (Å²) in [5.74, 6) is -0.599. The van der Waals surface area contributed by atoms with Crippen molar-refractivity contribution in [2.45, 2.75) is 0 Å². The van der Waals surface area contributed by atoms with Gasteiger partial charge in [-0.2, -0.15) is 0 Å². The molecule has 0 spiro atoms. The Kier molecular flexibility index (Phi) is 6.42. The molecule has 0 fully saturated rings. The van der Waals surface area contributed by atoms with Gasteiger partial charge in [-0.3, -0.25) is 4.79 Å². The summed E-state index contributed by atoms with van der Waals surface area (Å²) in [6, 6.07) is 8.26. The van der Waals surface area contributed by atoms with E-state index in [-0.39, 0.29) is 22.8 Å². The molecule has 0 amide bonds. The molecular weight excluding hydrogens is 304 g/mol. The van der Waals surface area contributed by atoms with Crippen molar-refractivity contribution in [3.05, 3.63) is 47.5 Å². The second-order valence-corrected chi connectivity index (χ2v) is 4.24. The number of phenolic OH excluding ortho intramolecular Hbond substituents is 2. The molecule has 122 valence electrons. The molecule has 0 unspecified atom stereocenters. The van der Waals surface area contributed by atoms with Crippen molar-refractivity contribution in [1.82, 2.24) is 0 Å². The van der Waals surface area contributed by atoms with Crippen molar-refractivity contribution in [2.24, 2.45) is 0 Å². The first-order chi connectivity index (χ1) is 10.9. The Balaban J connectivity index is 0.000000231. The van der Waals surface area contributed by atoms with Crippen LogP contribution < -0.4 is 9.47 Å². The van der Waals surface area contributed by atoms with Gasteiger partial charge in [0, 0.05) is 5.56 Å². The molecule has 23 heavy (non-hydrogen) atoms. The number of phenols is 2. The number of carboxylic acids is 1. The molecule has 0 saturated carbocycles. The zero-order valence-corrected chi connectivity index (χ0v) is 12.5. The van der Waals surface area contributed by atoms with Gasteiger partial charge >= 0.3 is 5.97 Å². The van der Waals surface area contributed by atoms with Gasteiger partial charge < -0.3 is 24.8 Å². The summed E-state index contributed by atoms with van der Waals surface area (Å²) < 4.78 is 9.50. The minimum atomic E-state index is -1.05. The van der Waals surface area contributed by atoms with Crippen LogP contribution in [0.1, 0.15) is 20.7 Å². The lowest BCUT2D eigenvalue weighted by Crippen LogP contribution is -1.96. The van der Waals surface area contributed by atoms with E-state index in [4.69, 9.17) is 24.8 Å². The van der Waals surface area contributed by atoms with Gasteiger partial charge in [0.2, 0.25) is 0 Å². The van der Waals surface area contributed by atoms with Gasteiger partial charge in [-0.15, -0.1) is 0 Å². The molecule has 0 aliphatic heterocycles. The highest BCUT2D eigenvalue weighted by atomic mass is 16.5. The highest BCUT2D eigenvalue weighted by Crippen LogP contribution is 2.26. The maximum atomic E-state index is 10.4. The van der Waals surface area contributed by atoms with Crippen LogP contribution in [0.25, 0.3) is 0 Å². The smallest absolute Gasteiger partial charge is 0.335 e. The molecule has 2 aromatic rings. The minimum absolute atomic E-state index is 0.0399. The topological polar surface area (TPSA) is 113 Å². The monoisotopic (exact) mass is 320 g/mol. The van der Waals surface area contributed by atoms with Gasteiger partial charge in [0.05, 0.1) is 19.8 Å². The van der Waals surface area contributed by atoms with Crippen LogP contribution in [0.2, 0.25) is 0 Å². The van der Waals surface area contributed by atoms with E-state index in [0.717, 1.165) is 0 Å². The maximum Gasteiger partial charge on any atom is 0.335 e.